The Kier molecular flexibility index (Phi) is 6.71. The van der Waals surface area contributed by atoms with Crippen LogP contribution in [-0.2, 0) is 0 Å². The Labute approximate surface area is 187 Å². The highest BCUT2D eigenvalue weighted by molar-refractivity contribution is 5.98. The minimum absolute atomic E-state index is 0.0239. The van der Waals surface area contributed by atoms with E-state index < -0.39 is 11.7 Å². The summed E-state index contributed by atoms with van der Waals surface area (Å²) in [5.41, 5.74) is 12.3. The van der Waals surface area contributed by atoms with Gasteiger partial charge in [-0.3, -0.25) is 4.79 Å². The molecule has 0 spiro atoms. The van der Waals surface area contributed by atoms with Crippen molar-refractivity contribution in [2.24, 2.45) is 11.5 Å². The number of rotatable bonds is 6. The zero-order valence-electron chi connectivity index (χ0n) is 18.4. The summed E-state index contributed by atoms with van der Waals surface area (Å²) in [6.45, 7) is 3.81. The van der Waals surface area contributed by atoms with Crippen molar-refractivity contribution in [1.29, 1.82) is 0 Å². The third kappa shape index (κ3) is 5.08. The van der Waals surface area contributed by atoms with Gasteiger partial charge < -0.3 is 31.9 Å². The third-order valence-corrected chi connectivity index (χ3v) is 6.22. The number of carbonyl (C=O) groups is 1. The lowest BCUT2D eigenvalue weighted by atomic mass is 9.91. The highest BCUT2D eigenvalue weighted by Crippen LogP contribution is 2.27. The van der Waals surface area contributed by atoms with Gasteiger partial charge in [0.05, 0.1) is 17.4 Å². The summed E-state index contributed by atoms with van der Waals surface area (Å²) in [5.74, 6) is -0.270. The number of anilines is 4. The second-order valence-electron chi connectivity index (χ2n) is 8.60. The van der Waals surface area contributed by atoms with Crippen molar-refractivity contribution in [2.45, 2.75) is 37.8 Å². The van der Waals surface area contributed by atoms with Crippen LogP contribution in [0.15, 0.2) is 24.4 Å². The number of nitrogens with one attached hydrogen (secondary N) is 2. The topological polar surface area (TPSA) is 125 Å². The van der Waals surface area contributed by atoms with Crippen LogP contribution in [0.25, 0.3) is 0 Å². The van der Waals surface area contributed by atoms with E-state index in [1.807, 2.05) is 12.1 Å². The molecule has 2 aliphatic rings. The van der Waals surface area contributed by atoms with Crippen LogP contribution in [0.3, 0.4) is 0 Å². The molecule has 0 aromatic carbocycles. The first-order chi connectivity index (χ1) is 15.4. The van der Waals surface area contributed by atoms with Crippen LogP contribution in [0, 0.1) is 5.82 Å². The maximum atomic E-state index is 14.7. The minimum Gasteiger partial charge on any atom is -0.365 e. The summed E-state index contributed by atoms with van der Waals surface area (Å²) in [6, 6.07) is 4.76. The maximum absolute atomic E-state index is 14.7. The quantitative estimate of drug-likeness (QED) is 0.534. The van der Waals surface area contributed by atoms with Crippen molar-refractivity contribution in [2.75, 3.05) is 48.8 Å². The number of amides is 1. The lowest BCUT2D eigenvalue weighted by Crippen LogP contribution is -2.44. The van der Waals surface area contributed by atoms with Gasteiger partial charge in [0.15, 0.2) is 11.6 Å². The van der Waals surface area contributed by atoms with E-state index in [0.717, 1.165) is 63.7 Å². The standard InChI is InChI=1S/C22H31FN8O/c1-30-8-10-31(11-9-30)19-7-6-14(13-26-19)27-21-15(20(25)32)12-16(23)22(29-21)28-18-5-3-2-4-17(18)24/h6-7,12-13,17-18H,2-5,8-11,24H2,1H3,(H2,25,32)(H2,27,28,29)/t17-,18+/m0/s1. The van der Waals surface area contributed by atoms with Crippen molar-refractivity contribution >= 4 is 29.0 Å². The molecular weight excluding hydrogens is 411 g/mol. The highest BCUT2D eigenvalue weighted by atomic mass is 19.1. The molecule has 0 unspecified atom stereocenters. The molecule has 1 saturated heterocycles. The highest BCUT2D eigenvalue weighted by Gasteiger charge is 2.24. The van der Waals surface area contributed by atoms with E-state index in [9.17, 15) is 9.18 Å². The molecule has 1 amide bonds. The number of likely N-dealkylation sites (N-methyl/N-ethyl adjacent to an activating group) is 1. The summed E-state index contributed by atoms with van der Waals surface area (Å²) in [4.78, 5) is 25.3. The monoisotopic (exact) mass is 442 g/mol. The molecule has 0 radical (unpaired) electrons. The molecule has 1 saturated carbocycles. The average molecular weight is 443 g/mol. The van der Waals surface area contributed by atoms with E-state index in [0.29, 0.717) is 5.69 Å². The van der Waals surface area contributed by atoms with Crippen LogP contribution in [0.2, 0.25) is 0 Å². The smallest absolute Gasteiger partial charge is 0.252 e. The lowest BCUT2D eigenvalue weighted by Gasteiger charge is -2.33. The van der Waals surface area contributed by atoms with Crippen molar-refractivity contribution in [3.63, 3.8) is 0 Å². The molecule has 9 nitrogen and oxygen atoms in total. The second kappa shape index (κ2) is 9.66. The number of halogens is 1. The zero-order chi connectivity index (χ0) is 22.7. The number of hydrogen-bond acceptors (Lipinski definition) is 8. The molecular formula is C22H31FN8O. The molecule has 172 valence electrons. The van der Waals surface area contributed by atoms with Crippen LogP contribution in [0.5, 0.6) is 0 Å². The van der Waals surface area contributed by atoms with Crippen molar-refractivity contribution in [1.82, 2.24) is 14.9 Å². The summed E-state index contributed by atoms with van der Waals surface area (Å²) < 4.78 is 14.7. The zero-order valence-corrected chi connectivity index (χ0v) is 18.4. The summed E-state index contributed by atoms with van der Waals surface area (Å²) in [7, 11) is 2.11. The fraction of sp³-hybridized carbons (Fsp3) is 0.500. The number of hydrogen-bond donors (Lipinski definition) is 4. The lowest BCUT2D eigenvalue weighted by molar-refractivity contribution is 0.100. The van der Waals surface area contributed by atoms with Gasteiger partial charge in [-0.2, -0.15) is 0 Å². The Bertz CT molecular complexity index is 946. The summed E-state index contributed by atoms with van der Waals surface area (Å²) >= 11 is 0. The normalized spacial score (nSPS) is 21.9. The van der Waals surface area contributed by atoms with Gasteiger partial charge >= 0.3 is 0 Å². The number of nitrogens with two attached hydrogens (primary N) is 2. The fourth-order valence-corrected chi connectivity index (χ4v) is 4.21. The van der Waals surface area contributed by atoms with E-state index in [4.69, 9.17) is 11.5 Å². The maximum Gasteiger partial charge on any atom is 0.252 e. The SMILES string of the molecule is CN1CCN(c2ccc(Nc3nc(N[C@@H]4CCCC[C@@H]4N)c(F)cc3C(N)=O)cn2)CC1. The summed E-state index contributed by atoms with van der Waals surface area (Å²) in [6.07, 6.45) is 5.51. The van der Waals surface area contributed by atoms with E-state index in [2.05, 4.69) is 37.4 Å². The van der Waals surface area contributed by atoms with Crippen LogP contribution in [0.4, 0.5) is 27.5 Å². The third-order valence-electron chi connectivity index (χ3n) is 6.22. The molecule has 3 heterocycles. The molecule has 0 bridgehead atoms. The van der Waals surface area contributed by atoms with E-state index >= 15 is 0 Å². The van der Waals surface area contributed by atoms with Gasteiger partial charge in [-0.25, -0.2) is 14.4 Å². The molecule has 2 aromatic rings. The van der Waals surface area contributed by atoms with Gasteiger partial charge in [-0.1, -0.05) is 12.8 Å². The van der Waals surface area contributed by atoms with Gasteiger partial charge in [-0.05, 0) is 38.1 Å². The van der Waals surface area contributed by atoms with Gasteiger partial charge in [0.25, 0.3) is 5.91 Å². The first-order valence-corrected chi connectivity index (χ1v) is 11.1. The van der Waals surface area contributed by atoms with E-state index in [-0.39, 0.29) is 29.3 Å². The second-order valence-corrected chi connectivity index (χ2v) is 8.60. The molecule has 1 aliphatic heterocycles. The Morgan fingerprint density at radius 1 is 1.16 bits per heavy atom. The average Bonchev–Trinajstić information content (AvgIpc) is 2.78. The Hall–Kier alpha value is -2.98. The van der Waals surface area contributed by atoms with E-state index in [1.54, 1.807) is 6.20 Å². The molecule has 2 atom stereocenters. The van der Waals surface area contributed by atoms with E-state index in [1.165, 1.54) is 0 Å². The van der Waals surface area contributed by atoms with Crippen LogP contribution >= 0.6 is 0 Å². The largest absolute Gasteiger partial charge is 0.365 e. The predicted octanol–water partition coefficient (Wildman–Crippen LogP) is 1.89. The first kappa shape index (κ1) is 22.2. The number of aromatic nitrogens is 2. The predicted molar refractivity (Wildman–Crippen MR) is 124 cm³/mol. The molecule has 4 rings (SSSR count). The number of piperazine rings is 1. The van der Waals surface area contributed by atoms with Crippen LogP contribution in [0.1, 0.15) is 36.0 Å². The van der Waals surface area contributed by atoms with Gasteiger partial charge in [0.2, 0.25) is 0 Å². The van der Waals surface area contributed by atoms with Crippen molar-refractivity contribution < 1.29 is 9.18 Å². The van der Waals surface area contributed by atoms with Gasteiger partial charge in [0, 0.05) is 38.3 Å². The van der Waals surface area contributed by atoms with Crippen molar-refractivity contribution in [3.05, 3.63) is 35.8 Å². The number of carbonyl (C=O) groups excluding carboxylic acids is 1. The minimum atomic E-state index is -0.762. The molecule has 6 N–H and O–H groups in total. The molecule has 2 aromatic heterocycles. The van der Waals surface area contributed by atoms with Crippen molar-refractivity contribution in [3.8, 4) is 0 Å². The molecule has 1 aliphatic carbocycles. The van der Waals surface area contributed by atoms with Crippen LogP contribution < -0.4 is 27.0 Å². The number of pyridine rings is 2. The van der Waals surface area contributed by atoms with Crippen LogP contribution in [-0.4, -0.2) is 66.1 Å². The molecule has 10 heteroatoms. The summed E-state index contributed by atoms with van der Waals surface area (Å²) in [5, 5.41) is 6.19. The molecule has 32 heavy (non-hydrogen) atoms. The number of primary amides is 1. The Morgan fingerprint density at radius 3 is 2.56 bits per heavy atom. The Morgan fingerprint density at radius 2 is 1.91 bits per heavy atom. The van der Waals surface area contributed by atoms with Gasteiger partial charge in [-0.15, -0.1) is 0 Å². The fourth-order valence-electron chi connectivity index (χ4n) is 4.21. The van der Waals surface area contributed by atoms with Gasteiger partial charge in [0.1, 0.15) is 11.6 Å². The Balaban J connectivity index is 1.53. The number of nitrogens with zero attached hydrogens (tertiary/aromatic N) is 4. The first-order valence-electron chi connectivity index (χ1n) is 11.1. The molecule has 2 fully saturated rings.